The number of nitrogens with one attached hydrogen (secondary N) is 1. The summed E-state index contributed by atoms with van der Waals surface area (Å²) in [5.74, 6) is -2.05. The molecule has 1 aliphatic rings. The number of nitrogens with zero attached hydrogens (tertiary/aromatic N) is 1. The van der Waals surface area contributed by atoms with Gasteiger partial charge in [0.1, 0.15) is 11.6 Å². The van der Waals surface area contributed by atoms with Gasteiger partial charge in [-0.15, -0.1) is 0 Å². The number of halogens is 2. The van der Waals surface area contributed by atoms with Gasteiger partial charge >= 0.3 is 0 Å². The van der Waals surface area contributed by atoms with Crippen molar-refractivity contribution in [2.45, 2.75) is 18.9 Å². The molecular formula is C27H26F2N2O3. The lowest BCUT2D eigenvalue weighted by Gasteiger charge is -2.31. The second-order valence-corrected chi connectivity index (χ2v) is 8.21. The summed E-state index contributed by atoms with van der Waals surface area (Å²) in [6.45, 7) is 2.40. The molecule has 34 heavy (non-hydrogen) atoms. The number of ether oxygens (including phenoxy) is 1. The number of hydrogen-bond donors (Lipinski definition) is 1. The molecule has 0 aliphatic carbocycles. The van der Waals surface area contributed by atoms with Gasteiger partial charge in [0.15, 0.2) is 5.78 Å². The van der Waals surface area contributed by atoms with E-state index in [2.05, 4.69) is 10.2 Å². The normalized spacial score (nSPS) is 14.5. The maximum absolute atomic E-state index is 14.2. The van der Waals surface area contributed by atoms with Crippen LogP contribution in [0, 0.1) is 11.6 Å². The maximum Gasteiger partial charge on any atom is 0.254 e. The van der Waals surface area contributed by atoms with Crippen molar-refractivity contribution in [2.24, 2.45) is 0 Å². The Hall–Kier alpha value is -3.58. The van der Waals surface area contributed by atoms with E-state index in [4.69, 9.17) is 4.74 Å². The van der Waals surface area contributed by atoms with Crippen molar-refractivity contribution in [1.82, 2.24) is 5.32 Å². The van der Waals surface area contributed by atoms with Crippen molar-refractivity contribution in [1.29, 1.82) is 0 Å². The van der Waals surface area contributed by atoms with Gasteiger partial charge in [-0.3, -0.25) is 9.59 Å². The highest BCUT2D eigenvalue weighted by molar-refractivity contribution is 5.98. The quantitative estimate of drug-likeness (QED) is 0.549. The van der Waals surface area contributed by atoms with Crippen LogP contribution in [-0.4, -0.2) is 44.0 Å². The average molecular weight is 465 g/mol. The Morgan fingerprint density at radius 2 is 1.65 bits per heavy atom. The fourth-order valence-electron chi connectivity index (χ4n) is 4.10. The molecule has 1 saturated heterocycles. The van der Waals surface area contributed by atoms with E-state index in [9.17, 15) is 18.4 Å². The molecule has 1 amide bonds. The van der Waals surface area contributed by atoms with Crippen molar-refractivity contribution in [2.75, 3.05) is 31.2 Å². The fraction of sp³-hybridized carbons (Fsp3) is 0.259. The van der Waals surface area contributed by atoms with Crippen LogP contribution in [0.4, 0.5) is 14.5 Å². The van der Waals surface area contributed by atoms with Gasteiger partial charge in [0.25, 0.3) is 5.91 Å². The Kier molecular flexibility index (Phi) is 7.65. The summed E-state index contributed by atoms with van der Waals surface area (Å²) in [6, 6.07) is 18.4. The Bertz CT molecular complexity index is 1150. The van der Waals surface area contributed by atoms with E-state index >= 15 is 0 Å². The first-order valence-corrected chi connectivity index (χ1v) is 11.2. The van der Waals surface area contributed by atoms with Crippen molar-refractivity contribution in [3.63, 3.8) is 0 Å². The molecule has 7 heteroatoms. The van der Waals surface area contributed by atoms with Crippen LogP contribution in [0.5, 0.6) is 0 Å². The minimum Gasteiger partial charge on any atom is -0.378 e. The number of benzene rings is 3. The molecule has 3 aromatic rings. The van der Waals surface area contributed by atoms with Crippen LogP contribution in [0.2, 0.25) is 0 Å². The number of carbonyl (C=O) groups excluding carboxylic acids is 2. The summed E-state index contributed by atoms with van der Waals surface area (Å²) in [4.78, 5) is 28.3. The summed E-state index contributed by atoms with van der Waals surface area (Å²) in [7, 11) is 0. The number of anilines is 1. The maximum atomic E-state index is 14.2. The van der Waals surface area contributed by atoms with Crippen LogP contribution in [0.15, 0.2) is 72.8 Å². The lowest BCUT2D eigenvalue weighted by atomic mass is 9.96. The van der Waals surface area contributed by atoms with Crippen molar-refractivity contribution in [3.05, 3.63) is 101 Å². The zero-order chi connectivity index (χ0) is 23.9. The van der Waals surface area contributed by atoms with Gasteiger partial charge in [-0.1, -0.05) is 42.5 Å². The second-order valence-electron chi connectivity index (χ2n) is 8.21. The summed E-state index contributed by atoms with van der Waals surface area (Å²) < 4.78 is 33.7. The molecule has 0 aromatic heterocycles. The highest BCUT2D eigenvalue weighted by Crippen LogP contribution is 2.24. The number of amides is 1. The molecule has 0 spiro atoms. The lowest BCUT2D eigenvalue weighted by Crippen LogP contribution is -2.43. The molecule has 0 radical (unpaired) electrons. The van der Waals surface area contributed by atoms with Crippen LogP contribution < -0.4 is 10.2 Å². The molecule has 0 saturated carbocycles. The van der Waals surface area contributed by atoms with Crippen LogP contribution in [0.3, 0.4) is 0 Å². The number of rotatable bonds is 8. The molecule has 1 heterocycles. The van der Waals surface area contributed by atoms with Crippen molar-refractivity contribution in [3.8, 4) is 0 Å². The number of morpholine rings is 1. The van der Waals surface area contributed by atoms with Gasteiger partial charge in [0.05, 0.1) is 24.8 Å². The minimum atomic E-state index is -0.907. The smallest absolute Gasteiger partial charge is 0.254 e. The zero-order valence-electron chi connectivity index (χ0n) is 18.7. The van der Waals surface area contributed by atoms with Gasteiger partial charge in [-0.2, -0.15) is 0 Å². The second kappa shape index (κ2) is 11.0. The standard InChI is InChI=1S/C27H26F2N2O3/c28-21-10-11-25(31-12-14-34-15-13-31)20(17-21)18-26(32)24(16-19-6-2-1-3-7-19)30-27(33)22-8-4-5-9-23(22)29/h1-11,17,24H,12-16,18H2,(H,30,33). The Morgan fingerprint density at radius 3 is 2.38 bits per heavy atom. The molecule has 0 bridgehead atoms. The molecule has 1 aliphatic heterocycles. The molecular weight excluding hydrogens is 438 g/mol. The third kappa shape index (κ3) is 5.85. The largest absolute Gasteiger partial charge is 0.378 e. The topological polar surface area (TPSA) is 58.6 Å². The number of Topliss-reactive ketones (excluding diaryl/α,β-unsaturated/α-hetero) is 1. The summed E-state index contributed by atoms with van der Waals surface area (Å²) in [5, 5.41) is 2.70. The van der Waals surface area contributed by atoms with Gasteiger partial charge in [-0.25, -0.2) is 8.78 Å². The zero-order valence-corrected chi connectivity index (χ0v) is 18.7. The summed E-state index contributed by atoms with van der Waals surface area (Å²) >= 11 is 0. The van der Waals surface area contributed by atoms with E-state index < -0.39 is 23.6 Å². The van der Waals surface area contributed by atoms with Gasteiger partial charge in [0, 0.05) is 25.2 Å². The molecule has 4 rings (SSSR count). The molecule has 176 valence electrons. The minimum absolute atomic E-state index is 0.0699. The lowest BCUT2D eigenvalue weighted by molar-refractivity contribution is -0.120. The Balaban J connectivity index is 1.59. The average Bonchev–Trinajstić information content (AvgIpc) is 2.85. The van der Waals surface area contributed by atoms with Gasteiger partial charge < -0.3 is 15.0 Å². The van der Waals surface area contributed by atoms with Crippen LogP contribution in [0.1, 0.15) is 21.5 Å². The van der Waals surface area contributed by atoms with E-state index in [1.807, 2.05) is 30.3 Å². The van der Waals surface area contributed by atoms with Crippen molar-refractivity contribution >= 4 is 17.4 Å². The molecule has 1 fully saturated rings. The fourth-order valence-corrected chi connectivity index (χ4v) is 4.10. The van der Waals surface area contributed by atoms with E-state index in [1.165, 1.54) is 30.3 Å². The van der Waals surface area contributed by atoms with E-state index in [-0.39, 0.29) is 24.2 Å². The van der Waals surface area contributed by atoms with E-state index in [1.54, 1.807) is 12.1 Å². The summed E-state index contributed by atoms with van der Waals surface area (Å²) in [6.07, 6.45) is 0.168. The first kappa shape index (κ1) is 23.6. The van der Waals surface area contributed by atoms with E-state index in [0.29, 0.717) is 31.9 Å². The monoisotopic (exact) mass is 464 g/mol. The van der Waals surface area contributed by atoms with Crippen LogP contribution in [-0.2, 0) is 22.4 Å². The van der Waals surface area contributed by atoms with Gasteiger partial charge in [0.2, 0.25) is 0 Å². The predicted molar refractivity (Wildman–Crippen MR) is 126 cm³/mol. The van der Waals surface area contributed by atoms with Crippen LogP contribution in [0.25, 0.3) is 0 Å². The number of carbonyl (C=O) groups is 2. The first-order chi connectivity index (χ1) is 16.5. The Labute approximate surface area is 197 Å². The summed E-state index contributed by atoms with van der Waals surface area (Å²) in [5.41, 5.74) is 2.04. The SMILES string of the molecule is O=C(NC(Cc1ccccc1)C(=O)Cc1cc(F)ccc1N1CCOCC1)c1ccccc1F. The molecule has 5 nitrogen and oxygen atoms in total. The molecule has 1 atom stereocenters. The van der Waals surface area contributed by atoms with Crippen LogP contribution >= 0.6 is 0 Å². The molecule has 3 aromatic carbocycles. The Morgan fingerprint density at radius 1 is 0.941 bits per heavy atom. The van der Waals surface area contributed by atoms with Gasteiger partial charge in [-0.05, 0) is 47.9 Å². The highest BCUT2D eigenvalue weighted by Gasteiger charge is 2.25. The third-order valence-electron chi connectivity index (χ3n) is 5.85. The number of ketones is 1. The predicted octanol–water partition coefficient (Wildman–Crippen LogP) is 3.95. The van der Waals surface area contributed by atoms with E-state index in [0.717, 1.165) is 11.3 Å². The molecule has 1 unspecified atom stereocenters. The highest BCUT2D eigenvalue weighted by atomic mass is 19.1. The number of hydrogen-bond acceptors (Lipinski definition) is 4. The van der Waals surface area contributed by atoms with Crippen molar-refractivity contribution < 1.29 is 23.1 Å². The first-order valence-electron chi connectivity index (χ1n) is 11.2. The molecule has 1 N–H and O–H groups in total. The third-order valence-corrected chi connectivity index (χ3v) is 5.85.